The zero-order chi connectivity index (χ0) is 59.8. The van der Waals surface area contributed by atoms with Crippen LogP contribution in [0.5, 0.6) is 0 Å². The first-order valence-corrected chi connectivity index (χ1v) is 35.4. The van der Waals surface area contributed by atoms with Crippen molar-refractivity contribution >= 4 is 13.7 Å². The highest BCUT2D eigenvalue weighted by molar-refractivity contribution is 7.45. The van der Waals surface area contributed by atoms with Gasteiger partial charge < -0.3 is 28.8 Å². The number of hydrogen-bond acceptors (Lipinski definition) is 6. The van der Waals surface area contributed by atoms with Gasteiger partial charge in [-0.3, -0.25) is 9.36 Å². The molecule has 0 saturated heterocycles. The van der Waals surface area contributed by atoms with Crippen molar-refractivity contribution in [3.63, 3.8) is 0 Å². The van der Waals surface area contributed by atoms with E-state index in [-0.39, 0.29) is 12.5 Å². The van der Waals surface area contributed by atoms with Crippen molar-refractivity contribution in [2.75, 3.05) is 40.9 Å². The van der Waals surface area contributed by atoms with Gasteiger partial charge in [-0.05, 0) is 103 Å². The summed E-state index contributed by atoms with van der Waals surface area (Å²) in [5.41, 5.74) is 0. The van der Waals surface area contributed by atoms with Crippen molar-refractivity contribution in [1.82, 2.24) is 5.32 Å². The molecule has 1 amide bonds. The number of aliphatic hydroxyl groups excluding tert-OH is 1. The first kappa shape index (κ1) is 78.9. The Morgan fingerprint density at radius 2 is 0.756 bits per heavy atom. The molecule has 0 aliphatic heterocycles. The topological polar surface area (TPSA) is 108 Å². The number of aliphatic hydroxyl groups is 1. The molecule has 8 nitrogen and oxygen atoms in total. The highest BCUT2D eigenvalue weighted by Gasteiger charge is 2.23. The molecule has 9 heteroatoms. The lowest BCUT2D eigenvalue weighted by Crippen LogP contribution is -2.45. The summed E-state index contributed by atoms with van der Waals surface area (Å²) in [6.07, 6.45) is 93.1. The molecule has 82 heavy (non-hydrogen) atoms. The van der Waals surface area contributed by atoms with Gasteiger partial charge in [-0.1, -0.05) is 296 Å². The normalized spacial score (nSPS) is 14.5. The Hall–Kier alpha value is -3.10. The Morgan fingerprint density at radius 1 is 0.439 bits per heavy atom. The van der Waals surface area contributed by atoms with Crippen LogP contribution in [0.2, 0.25) is 0 Å². The van der Waals surface area contributed by atoms with E-state index in [9.17, 15) is 19.4 Å². The SMILES string of the molecule is CC/C=C\C/C=C\C/C=C\C/C=C\C/C=C\C/C=C\C/C=C\CCCCCCCCCCCCCCCCCCCC(=O)NC(COP(=O)([O-])OCC[N+](C)(C)C)C(O)/C=C/CC/C=C/CC/C=C/CCCCCCCCCCCCC. The molecule has 0 rings (SSSR count). The summed E-state index contributed by atoms with van der Waals surface area (Å²) in [5, 5.41) is 13.9. The van der Waals surface area contributed by atoms with E-state index in [1.54, 1.807) is 6.08 Å². The van der Waals surface area contributed by atoms with Crippen molar-refractivity contribution in [2.24, 2.45) is 0 Å². The lowest BCUT2D eigenvalue weighted by Gasteiger charge is -2.29. The molecule has 0 bridgehead atoms. The zero-order valence-electron chi connectivity index (χ0n) is 53.9. The van der Waals surface area contributed by atoms with Crippen LogP contribution in [0.4, 0.5) is 0 Å². The number of quaternary nitrogens is 1. The Kier molecular flexibility index (Phi) is 60.1. The van der Waals surface area contributed by atoms with Gasteiger partial charge in [0.15, 0.2) is 0 Å². The molecular formula is C73H129N2O6P. The van der Waals surface area contributed by atoms with Gasteiger partial charge in [0.05, 0.1) is 39.9 Å². The third kappa shape index (κ3) is 64.5. The highest BCUT2D eigenvalue weighted by atomic mass is 31.2. The van der Waals surface area contributed by atoms with Gasteiger partial charge in [-0.15, -0.1) is 0 Å². The quantitative estimate of drug-likeness (QED) is 0.0272. The van der Waals surface area contributed by atoms with E-state index in [0.29, 0.717) is 17.4 Å². The van der Waals surface area contributed by atoms with E-state index >= 15 is 0 Å². The summed E-state index contributed by atoms with van der Waals surface area (Å²) in [6, 6.07) is -0.917. The van der Waals surface area contributed by atoms with E-state index in [2.05, 4.69) is 129 Å². The molecule has 472 valence electrons. The zero-order valence-corrected chi connectivity index (χ0v) is 54.8. The van der Waals surface area contributed by atoms with Gasteiger partial charge in [0.25, 0.3) is 7.82 Å². The number of unbranched alkanes of at least 4 members (excludes halogenated alkanes) is 30. The molecule has 0 radical (unpaired) electrons. The number of allylic oxidation sites excluding steroid dienone is 19. The lowest BCUT2D eigenvalue weighted by atomic mass is 10.0. The van der Waals surface area contributed by atoms with E-state index in [1.165, 1.54) is 173 Å². The van der Waals surface area contributed by atoms with Crippen molar-refractivity contribution in [2.45, 2.75) is 296 Å². The number of nitrogens with one attached hydrogen (secondary N) is 1. The average Bonchev–Trinajstić information content (AvgIpc) is 3.46. The largest absolute Gasteiger partial charge is 0.756 e. The summed E-state index contributed by atoms with van der Waals surface area (Å²) in [4.78, 5) is 25.6. The Bertz CT molecular complexity index is 1750. The van der Waals surface area contributed by atoms with Crippen molar-refractivity contribution in [3.05, 3.63) is 122 Å². The molecular weight excluding hydrogens is 1030 g/mol. The number of phosphoric ester groups is 1. The first-order chi connectivity index (χ1) is 40.0. The number of nitrogens with zero attached hydrogens (tertiary/aromatic N) is 1. The molecule has 0 heterocycles. The third-order valence-electron chi connectivity index (χ3n) is 14.6. The molecule has 0 aliphatic carbocycles. The second-order valence-corrected chi connectivity index (χ2v) is 25.2. The minimum absolute atomic E-state index is 0.0125. The monoisotopic (exact) mass is 1160 g/mol. The predicted octanol–water partition coefficient (Wildman–Crippen LogP) is 21.0. The number of carbonyl (C=O) groups is 1. The standard InChI is InChI=1S/C73H129N2O6P/c1-6-8-10-12-14-16-18-20-22-24-26-28-29-30-31-32-33-34-35-36-37-38-39-40-41-42-43-44-45-47-49-51-53-55-57-59-61-63-65-67-73(77)74-71(70-81-82(78,79)80-69-68-75(3,4)5)72(76)66-64-62-60-58-56-54-52-50-48-46-27-25-23-21-19-17-15-13-11-9-7-2/h8,10,14,16,20,22,26,28,30-31,33-34,36-37,48,50,56,58,64,66,71-72,76H,6-7,9,11-13,15,17-19,21,23-25,27,29,32,35,38-47,49,51-55,57,59-63,65,67-70H2,1-5H3,(H-,74,77,78,79)/b10-8-,16-14-,22-20-,28-26-,31-30-,34-33-,37-36-,50-48+,58-56+,66-64+. The van der Waals surface area contributed by atoms with Gasteiger partial charge in [-0.25, -0.2) is 0 Å². The number of likely N-dealkylation sites (N-methyl/N-ethyl adjacent to an activating group) is 1. The number of amides is 1. The van der Waals surface area contributed by atoms with Gasteiger partial charge in [-0.2, -0.15) is 0 Å². The van der Waals surface area contributed by atoms with Crippen LogP contribution in [-0.2, 0) is 18.4 Å². The van der Waals surface area contributed by atoms with Gasteiger partial charge >= 0.3 is 0 Å². The average molecular weight is 1160 g/mol. The fraction of sp³-hybridized carbons (Fsp3) is 0.712. The van der Waals surface area contributed by atoms with Crippen LogP contribution < -0.4 is 10.2 Å². The molecule has 0 aromatic carbocycles. The summed E-state index contributed by atoms with van der Waals surface area (Å²) in [6.45, 7) is 4.52. The molecule has 3 unspecified atom stereocenters. The van der Waals surface area contributed by atoms with Gasteiger partial charge in [0.1, 0.15) is 13.2 Å². The van der Waals surface area contributed by atoms with E-state index in [0.717, 1.165) is 89.9 Å². The van der Waals surface area contributed by atoms with Crippen LogP contribution in [0.3, 0.4) is 0 Å². The van der Waals surface area contributed by atoms with Crippen molar-refractivity contribution in [1.29, 1.82) is 0 Å². The summed E-state index contributed by atoms with van der Waals surface area (Å²) in [7, 11) is 1.23. The third-order valence-corrected chi connectivity index (χ3v) is 15.6. The van der Waals surface area contributed by atoms with Crippen LogP contribution in [0.1, 0.15) is 284 Å². The number of carbonyl (C=O) groups excluding carboxylic acids is 1. The Balaban J connectivity index is 4.09. The van der Waals surface area contributed by atoms with Crippen LogP contribution in [0.25, 0.3) is 0 Å². The second kappa shape index (κ2) is 62.4. The highest BCUT2D eigenvalue weighted by Crippen LogP contribution is 2.38. The maximum absolute atomic E-state index is 13.0. The fourth-order valence-corrected chi connectivity index (χ4v) is 10.1. The van der Waals surface area contributed by atoms with E-state index in [4.69, 9.17) is 9.05 Å². The lowest BCUT2D eigenvalue weighted by molar-refractivity contribution is -0.870. The fourth-order valence-electron chi connectivity index (χ4n) is 9.40. The van der Waals surface area contributed by atoms with Crippen molar-refractivity contribution < 1.29 is 32.9 Å². The molecule has 0 aliphatic rings. The first-order valence-electron chi connectivity index (χ1n) is 33.9. The van der Waals surface area contributed by atoms with Crippen LogP contribution >= 0.6 is 7.82 Å². The molecule has 0 aromatic heterocycles. The smallest absolute Gasteiger partial charge is 0.268 e. The number of phosphoric acid groups is 1. The van der Waals surface area contributed by atoms with Crippen molar-refractivity contribution in [3.8, 4) is 0 Å². The molecule has 0 spiro atoms. The molecule has 0 saturated carbocycles. The summed E-state index contributed by atoms with van der Waals surface area (Å²) >= 11 is 0. The van der Waals surface area contributed by atoms with Gasteiger partial charge in [0.2, 0.25) is 5.91 Å². The molecule has 2 N–H and O–H groups in total. The van der Waals surface area contributed by atoms with Crippen LogP contribution in [0, 0.1) is 0 Å². The Labute approximate surface area is 507 Å². The minimum atomic E-state index is -4.62. The number of hydrogen-bond donors (Lipinski definition) is 2. The summed E-state index contributed by atoms with van der Waals surface area (Å²) < 4.78 is 23.4. The predicted molar refractivity (Wildman–Crippen MR) is 357 cm³/mol. The summed E-state index contributed by atoms with van der Waals surface area (Å²) in [5.74, 6) is -0.212. The maximum Gasteiger partial charge on any atom is 0.268 e. The minimum Gasteiger partial charge on any atom is -0.756 e. The van der Waals surface area contributed by atoms with Crippen LogP contribution in [0.15, 0.2) is 122 Å². The van der Waals surface area contributed by atoms with Gasteiger partial charge in [0, 0.05) is 6.42 Å². The maximum atomic E-state index is 13.0. The second-order valence-electron chi connectivity index (χ2n) is 23.8. The molecule has 0 fully saturated rings. The molecule has 3 atom stereocenters. The van der Waals surface area contributed by atoms with Crippen LogP contribution in [-0.4, -0.2) is 68.5 Å². The Morgan fingerprint density at radius 3 is 1.13 bits per heavy atom. The van der Waals surface area contributed by atoms with E-state index < -0.39 is 26.6 Å². The molecule has 0 aromatic rings. The number of rotatable bonds is 61. The van der Waals surface area contributed by atoms with E-state index in [1.807, 2.05) is 27.2 Å².